The smallest absolute Gasteiger partial charge is 0.319 e. The molecule has 1 fully saturated rings. The lowest BCUT2D eigenvalue weighted by atomic mass is 9.93. The Morgan fingerprint density at radius 3 is 2.26 bits per heavy atom. The van der Waals surface area contributed by atoms with Crippen LogP contribution in [0, 0.1) is 5.21 Å². The quantitative estimate of drug-likeness (QED) is 0.238. The highest BCUT2D eigenvalue weighted by molar-refractivity contribution is 6.35. The lowest BCUT2D eigenvalue weighted by Gasteiger charge is -2.21. The number of nitrogens with one attached hydrogen (secondary N) is 3. The van der Waals surface area contributed by atoms with E-state index in [0.717, 1.165) is 34.4 Å². The monoisotopic (exact) mass is 512 g/mol. The van der Waals surface area contributed by atoms with Crippen molar-refractivity contribution < 1.29 is 9.52 Å². The van der Waals surface area contributed by atoms with Gasteiger partial charge in [0, 0.05) is 46.4 Å². The Hall–Kier alpha value is -2.80. The lowest BCUT2D eigenvalue weighted by molar-refractivity contribution is -0.605. The van der Waals surface area contributed by atoms with Gasteiger partial charge in [0.2, 0.25) is 0 Å². The van der Waals surface area contributed by atoms with Gasteiger partial charge < -0.3 is 21.2 Å². The van der Waals surface area contributed by atoms with E-state index in [-0.39, 0.29) is 11.9 Å². The normalized spacial score (nSPS) is 14.6. The Kier molecular flexibility index (Phi) is 8.85. The van der Waals surface area contributed by atoms with Gasteiger partial charge in [-0.3, -0.25) is 0 Å². The first kappa shape index (κ1) is 25.3. The molecule has 4 rings (SSSR count). The van der Waals surface area contributed by atoms with Gasteiger partial charge in [0.05, 0.1) is 0 Å². The Labute approximate surface area is 216 Å². The average Bonchev–Trinajstić information content (AvgIpc) is 3.35. The number of urea groups is 1. The van der Waals surface area contributed by atoms with Gasteiger partial charge in [-0.15, -0.1) is 0 Å². The molecule has 0 spiro atoms. The number of amides is 2. The van der Waals surface area contributed by atoms with E-state index in [1.165, 1.54) is 38.1 Å². The summed E-state index contributed by atoms with van der Waals surface area (Å²) >= 11 is 12.1. The number of pyridine rings is 1. The largest absolute Gasteiger partial charge is 0.619 e. The molecule has 184 valence electrons. The van der Waals surface area contributed by atoms with Crippen molar-refractivity contribution in [3.63, 3.8) is 0 Å². The summed E-state index contributed by atoms with van der Waals surface area (Å²) in [5.74, 6) is 0.145. The molecule has 0 bridgehead atoms. The third kappa shape index (κ3) is 7.59. The SMILES string of the molecule is O=C(NCC(CCNC1CCCC1)c1ccc(-c2cc[n+]([O-])cc2)cc1)Nc1cc(Cl)cc(Cl)c1. The van der Waals surface area contributed by atoms with E-state index in [1.807, 2.05) is 0 Å². The lowest BCUT2D eigenvalue weighted by Crippen LogP contribution is -2.34. The first-order valence-corrected chi connectivity index (χ1v) is 12.8. The number of rotatable bonds is 9. The number of hydrogen-bond acceptors (Lipinski definition) is 3. The summed E-state index contributed by atoms with van der Waals surface area (Å²) in [5, 5.41) is 21.7. The fourth-order valence-electron chi connectivity index (χ4n) is 4.55. The van der Waals surface area contributed by atoms with Gasteiger partial charge in [0.25, 0.3) is 0 Å². The van der Waals surface area contributed by atoms with Crippen LogP contribution in [0.2, 0.25) is 10.0 Å². The first-order valence-electron chi connectivity index (χ1n) is 12.0. The second-order valence-electron chi connectivity index (χ2n) is 8.98. The summed E-state index contributed by atoms with van der Waals surface area (Å²) < 4.78 is 0.777. The maximum Gasteiger partial charge on any atom is 0.319 e. The number of anilines is 1. The van der Waals surface area contributed by atoms with Crippen LogP contribution in [0.25, 0.3) is 11.1 Å². The van der Waals surface area contributed by atoms with Crippen molar-refractivity contribution in [2.24, 2.45) is 0 Å². The van der Waals surface area contributed by atoms with Crippen LogP contribution in [-0.4, -0.2) is 25.2 Å². The Morgan fingerprint density at radius 2 is 1.60 bits per heavy atom. The summed E-state index contributed by atoms with van der Waals surface area (Å²) in [4.78, 5) is 12.6. The third-order valence-corrected chi connectivity index (χ3v) is 6.86. The Bertz CT molecular complexity index is 1100. The number of hydrogen-bond donors (Lipinski definition) is 3. The van der Waals surface area contributed by atoms with Crippen molar-refractivity contribution in [3.05, 3.63) is 87.8 Å². The van der Waals surface area contributed by atoms with Crippen LogP contribution in [0.4, 0.5) is 10.5 Å². The van der Waals surface area contributed by atoms with E-state index in [9.17, 15) is 10.0 Å². The van der Waals surface area contributed by atoms with E-state index in [0.29, 0.717) is 28.3 Å². The zero-order chi connectivity index (χ0) is 24.6. The standard InChI is InChI=1S/C27H30Cl2N4O2/c28-23-15-24(29)17-26(16-23)32-27(34)31-18-22(9-12-30-25-3-1-2-4-25)20-7-5-19(6-8-20)21-10-13-33(35)14-11-21/h5-8,10-11,13-17,22,25,30H,1-4,9,12,18H2,(H2,31,32,34). The van der Waals surface area contributed by atoms with Crippen molar-refractivity contribution in [3.8, 4) is 11.1 Å². The molecule has 1 unspecified atom stereocenters. The van der Waals surface area contributed by atoms with Crippen molar-refractivity contribution in [2.45, 2.75) is 44.1 Å². The topological polar surface area (TPSA) is 80.1 Å². The molecule has 1 heterocycles. The van der Waals surface area contributed by atoms with Crippen LogP contribution in [0.3, 0.4) is 0 Å². The van der Waals surface area contributed by atoms with Crippen molar-refractivity contribution in [2.75, 3.05) is 18.4 Å². The van der Waals surface area contributed by atoms with E-state index >= 15 is 0 Å². The summed E-state index contributed by atoms with van der Waals surface area (Å²) in [7, 11) is 0. The Balaban J connectivity index is 1.40. The van der Waals surface area contributed by atoms with Crippen LogP contribution >= 0.6 is 23.2 Å². The minimum absolute atomic E-state index is 0.145. The molecule has 35 heavy (non-hydrogen) atoms. The minimum Gasteiger partial charge on any atom is -0.619 e. The molecule has 1 atom stereocenters. The summed E-state index contributed by atoms with van der Waals surface area (Å²) in [5.41, 5.74) is 3.73. The number of aromatic nitrogens is 1. The molecule has 0 radical (unpaired) electrons. The molecule has 3 N–H and O–H groups in total. The second-order valence-corrected chi connectivity index (χ2v) is 9.86. The van der Waals surface area contributed by atoms with E-state index in [1.54, 1.807) is 30.3 Å². The minimum atomic E-state index is -0.302. The molecule has 1 aromatic heterocycles. The van der Waals surface area contributed by atoms with Gasteiger partial charge in [0.1, 0.15) is 0 Å². The fourth-order valence-corrected chi connectivity index (χ4v) is 5.07. The molecule has 1 saturated carbocycles. The van der Waals surface area contributed by atoms with E-state index in [4.69, 9.17) is 23.2 Å². The van der Waals surface area contributed by atoms with Gasteiger partial charge >= 0.3 is 6.03 Å². The maximum absolute atomic E-state index is 12.6. The molecule has 1 aliphatic carbocycles. The van der Waals surface area contributed by atoms with Crippen LogP contribution in [0.1, 0.15) is 43.6 Å². The fraction of sp³-hybridized carbons (Fsp3) is 0.333. The van der Waals surface area contributed by atoms with Crippen molar-refractivity contribution in [1.82, 2.24) is 10.6 Å². The predicted molar refractivity (Wildman–Crippen MR) is 142 cm³/mol. The molecule has 2 aromatic carbocycles. The second kappa shape index (κ2) is 12.2. The van der Waals surface area contributed by atoms with Gasteiger partial charge in [-0.2, -0.15) is 4.73 Å². The van der Waals surface area contributed by atoms with Crippen molar-refractivity contribution in [1.29, 1.82) is 0 Å². The Morgan fingerprint density at radius 1 is 0.971 bits per heavy atom. The molecule has 0 saturated heterocycles. The van der Waals surface area contributed by atoms with Gasteiger partial charge in [-0.05, 0) is 60.7 Å². The summed E-state index contributed by atoms with van der Waals surface area (Å²) in [6.45, 7) is 1.39. The first-order chi connectivity index (χ1) is 17.0. The predicted octanol–water partition coefficient (Wildman–Crippen LogP) is 6.12. The number of nitrogens with zero attached hydrogens (tertiary/aromatic N) is 1. The van der Waals surface area contributed by atoms with Crippen LogP contribution in [-0.2, 0) is 0 Å². The number of halogens is 2. The van der Waals surface area contributed by atoms with Crippen LogP contribution < -0.4 is 20.7 Å². The molecule has 6 nitrogen and oxygen atoms in total. The van der Waals surface area contributed by atoms with Gasteiger partial charge in [-0.25, -0.2) is 4.79 Å². The van der Waals surface area contributed by atoms with Crippen molar-refractivity contribution >= 4 is 34.9 Å². The van der Waals surface area contributed by atoms with Gasteiger partial charge in [0.15, 0.2) is 12.4 Å². The molecular weight excluding hydrogens is 483 g/mol. The third-order valence-electron chi connectivity index (χ3n) is 6.43. The highest BCUT2D eigenvalue weighted by Crippen LogP contribution is 2.25. The van der Waals surface area contributed by atoms with Crippen LogP contribution in [0.5, 0.6) is 0 Å². The zero-order valence-electron chi connectivity index (χ0n) is 19.5. The zero-order valence-corrected chi connectivity index (χ0v) is 21.0. The van der Waals surface area contributed by atoms with E-state index < -0.39 is 0 Å². The maximum atomic E-state index is 12.6. The van der Waals surface area contributed by atoms with E-state index in [2.05, 4.69) is 40.2 Å². The van der Waals surface area contributed by atoms with Gasteiger partial charge in [-0.1, -0.05) is 60.3 Å². The molecule has 1 aliphatic rings. The molecule has 8 heteroatoms. The number of carbonyl (C=O) groups is 1. The molecular formula is C27H30Cl2N4O2. The molecule has 0 aliphatic heterocycles. The highest BCUT2D eigenvalue weighted by Gasteiger charge is 2.17. The molecule has 3 aromatic rings. The number of carbonyl (C=O) groups excluding carboxylic acids is 1. The number of benzene rings is 2. The average molecular weight is 513 g/mol. The van der Waals surface area contributed by atoms with Crippen LogP contribution in [0.15, 0.2) is 67.0 Å². The summed E-state index contributed by atoms with van der Waals surface area (Å²) in [6.07, 6.45) is 8.96. The molecule has 2 amide bonds. The summed E-state index contributed by atoms with van der Waals surface area (Å²) in [6, 6.07) is 17.2. The highest BCUT2D eigenvalue weighted by atomic mass is 35.5.